The molecule has 0 aliphatic rings. The van der Waals surface area contributed by atoms with Crippen molar-refractivity contribution in [1.29, 1.82) is 0 Å². The molecule has 0 aliphatic heterocycles. The first-order valence-corrected chi connectivity index (χ1v) is 6.42. The zero-order valence-electron chi connectivity index (χ0n) is 9.99. The maximum atomic E-state index is 11.8. The minimum atomic E-state index is 0.116. The zero-order valence-corrected chi connectivity index (χ0v) is 10.8. The Morgan fingerprint density at radius 2 is 2.06 bits per heavy atom. The number of ketones is 1. The van der Waals surface area contributed by atoms with Crippen LogP contribution < -0.4 is 0 Å². The average molecular weight is 238 g/mol. The van der Waals surface area contributed by atoms with Crippen LogP contribution in [0.25, 0.3) is 0 Å². The third-order valence-corrected chi connectivity index (χ3v) is 3.73. The van der Waals surface area contributed by atoms with Gasteiger partial charge in [-0.25, -0.2) is 0 Å². The third-order valence-electron chi connectivity index (χ3n) is 2.58. The number of rotatable bonds is 5. The van der Waals surface area contributed by atoms with E-state index in [-0.39, 0.29) is 17.6 Å². The second-order valence-electron chi connectivity index (χ2n) is 4.03. The van der Waals surface area contributed by atoms with Crippen molar-refractivity contribution in [1.82, 2.24) is 0 Å². The number of Topliss-reactive ketones (excluding diaryl/α,β-unsaturated/α-hetero) is 1. The topological polar surface area (TPSA) is 37.3 Å². The van der Waals surface area contributed by atoms with Crippen LogP contribution >= 0.6 is 11.8 Å². The highest BCUT2D eigenvalue weighted by Crippen LogP contribution is 2.15. The van der Waals surface area contributed by atoms with E-state index in [0.717, 1.165) is 11.1 Å². The number of aryl methyl sites for hydroxylation is 2. The summed E-state index contributed by atoms with van der Waals surface area (Å²) in [5.74, 6) is 0.568. The van der Waals surface area contributed by atoms with Gasteiger partial charge in [0.05, 0.1) is 12.4 Å². The average Bonchev–Trinajstić information content (AvgIpc) is 2.29. The van der Waals surface area contributed by atoms with Gasteiger partial charge in [-0.2, -0.15) is 0 Å². The lowest BCUT2D eigenvalue weighted by atomic mass is 10.0. The van der Waals surface area contributed by atoms with E-state index in [1.807, 2.05) is 39.0 Å². The normalized spacial score (nSPS) is 12.5. The van der Waals surface area contributed by atoms with E-state index in [1.165, 1.54) is 17.3 Å². The Morgan fingerprint density at radius 3 is 2.62 bits per heavy atom. The van der Waals surface area contributed by atoms with Gasteiger partial charge in [-0.3, -0.25) is 4.79 Å². The summed E-state index contributed by atoms with van der Waals surface area (Å²) in [4.78, 5) is 11.8. The van der Waals surface area contributed by atoms with Crippen LogP contribution in [-0.4, -0.2) is 28.5 Å². The van der Waals surface area contributed by atoms with Gasteiger partial charge in [0.25, 0.3) is 0 Å². The standard InChI is InChI=1S/C13H18O2S/c1-9-4-5-12(6-10(9)2)13(15)8-16-11(3)7-14/h4-6,11,14H,7-8H2,1-3H3. The Hall–Kier alpha value is -0.800. The minimum Gasteiger partial charge on any atom is -0.395 e. The van der Waals surface area contributed by atoms with Crippen LogP contribution in [0, 0.1) is 13.8 Å². The Bertz CT molecular complexity index is 374. The van der Waals surface area contributed by atoms with Crippen molar-refractivity contribution in [3.8, 4) is 0 Å². The van der Waals surface area contributed by atoms with Gasteiger partial charge in [0, 0.05) is 10.8 Å². The summed E-state index contributed by atoms with van der Waals surface area (Å²) in [6.07, 6.45) is 0. The lowest BCUT2D eigenvalue weighted by Crippen LogP contribution is -2.09. The molecule has 0 spiro atoms. The molecule has 1 N–H and O–H groups in total. The number of thioether (sulfide) groups is 1. The Labute approximate surface area is 101 Å². The molecular weight excluding hydrogens is 220 g/mol. The molecule has 0 heterocycles. The van der Waals surface area contributed by atoms with E-state index in [1.54, 1.807) is 0 Å². The van der Waals surface area contributed by atoms with Gasteiger partial charge >= 0.3 is 0 Å². The van der Waals surface area contributed by atoms with Crippen molar-refractivity contribution in [3.05, 3.63) is 34.9 Å². The molecule has 1 aromatic carbocycles. The molecule has 0 bridgehead atoms. The minimum absolute atomic E-state index is 0.116. The molecule has 88 valence electrons. The fourth-order valence-corrected chi connectivity index (χ4v) is 1.98. The highest BCUT2D eigenvalue weighted by Gasteiger charge is 2.09. The van der Waals surface area contributed by atoms with Crippen molar-refractivity contribution >= 4 is 17.5 Å². The van der Waals surface area contributed by atoms with E-state index in [2.05, 4.69) is 0 Å². The molecule has 16 heavy (non-hydrogen) atoms. The summed E-state index contributed by atoms with van der Waals surface area (Å²) < 4.78 is 0. The second kappa shape index (κ2) is 6.06. The summed E-state index contributed by atoms with van der Waals surface area (Å²) in [5, 5.41) is 8.99. The summed E-state index contributed by atoms with van der Waals surface area (Å²) in [6, 6.07) is 5.78. The van der Waals surface area contributed by atoms with Gasteiger partial charge in [-0.1, -0.05) is 19.1 Å². The van der Waals surface area contributed by atoms with E-state index in [0.29, 0.717) is 5.75 Å². The number of carbonyl (C=O) groups excluding carboxylic acids is 1. The third kappa shape index (κ3) is 3.65. The fourth-order valence-electron chi connectivity index (χ4n) is 1.27. The van der Waals surface area contributed by atoms with Crippen LogP contribution in [0.15, 0.2) is 18.2 Å². The summed E-state index contributed by atoms with van der Waals surface area (Å²) in [5.41, 5.74) is 3.11. The molecule has 0 radical (unpaired) electrons. The summed E-state index contributed by atoms with van der Waals surface area (Å²) in [6.45, 7) is 6.07. The highest BCUT2D eigenvalue weighted by molar-refractivity contribution is 8.00. The molecule has 1 atom stereocenters. The van der Waals surface area contributed by atoms with Crippen LogP contribution in [0.5, 0.6) is 0 Å². The van der Waals surface area contributed by atoms with E-state index < -0.39 is 0 Å². The first-order valence-electron chi connectivity index (χ1n) is 5.37. The molecule has 1 aromatic rings. The Balaban J connectivity index is 2.63. The molecule has 0 saturated heterocycles. The van der Waals surface area contributed by atoms with E-state index >= 15 is 0 Å². The number of carbonyl (C=O) groups is 1. The summed E-state index contributed by atoms with van der Waals surface area (Å²) >= 11 is 1.49. The Kier molecular flexibility index (Phi) is 5.03. The molecule has 0 aliphatic carbocycles. The number of aliphatic hydroxyl groups excluding tert-OH is 1. The molecule has 0 aromatic heterocycles. The van der Waals surface area contributed by atoms with Crippen molar-refractivity contribution in [2.75, 3.05) is 12.4 Å². The molecule has 2 nitrogen and oxygen atoms in total. The Morgan fingerprint density at radius 1 is 1.38 bits per heavy atom. The maximum absolute atomic E-state index is 11.8. The van der Waals surface area contributed by atoms with Crippen molar-refractivity contribution in [2.45, 2.75) is 26.0 Å². The van der Waals surface area contributed by atoms with Gasteiger partial charge in [0.2, 0.25) is 0 Å². The van der Waals surface area contributed by atoms with Gasteiger partial charge in [0.1, 0.15) is 0 Å². The predicted octanol–water partition coefficient (Wildman–Crippen LogP) is 2.60. The number of hydrogen-bond acceptors (Lipinski definition) is 3. The lowest BCUT2D eigenvalue weighted by Gasteiger charge is -2.07. The van der Waals surface area contributed by atoms with Gasteiger partial charge in [-0.05, 0) is 31.0 Å². The second-order valence-corrected chi connectivity index (χ2v) is 5.45. The molecule has 1 rings (SSSR count). The monoisotopic (exact) mass is 238 g/mol. The lowest BCUT2D eigenvalue weighted by molar-refractivity contribution is 0.102. The largest absolute Gasteiger partial charge is 0.395 e. The number of hydrogen-bond donors (Lipinski definition) is 1. The van der Waals surface area contributed by atoms with Crippen LogP contribution in [0.3, 0.4) is 0 Å². The van der Waals surface area contributed by atoms with Gasteiger partial charge in [0.15, 0.2) is 5.78 Å². The van der Waals surface area contributed by atoms with Crippen LogP contribution in [0.1, 0.15) is 28.4 Å². The van der Waals surface area contributed by atoms with E-state index in [9.17, 15) is 4.79 Å². The molecule has 0 saturated carbocycles. The molecular formula is C13H18O2S. The number of benzene rings is 1. The van der Waals surface area contributed by atoms with Gasteiger partial charge < -0.3 is 5.11 Å². The smallest absolute Gasteiger partial charge is 0.172 e. The van der Waals surface area contributed by atoms with Crippen molar-refractivity contribution < 1.29 is 9.90 Å². The molecule has 0 fully saturated rings. The van der Waals surface area contributed by atoms with Gasteiger partial charge in [-0.15, -0.1) is 11.8 Å². The first kappa shape index (κ1) is 13.3. The quantitative estimate of drug-likeness (QED) is 0.801. The zero-order chi connectivity index (χ0) is 12.1. The molecule has 3 heteroatoms. The molecule has 0 amide bonds. The van der Waals surface area contributed by atoms with Crippen LogP contribution in [-0.2, 0) is 0 Å². The SMILES string of the molecule is Cc1ccc(C(=O)CSC(C)CO)cc1C. The fraction of sp³-hybridized carbons (Fsp3) is 0.462. The van der Waals surface area contributed by atoms with Crippen molar-refractivity contribution in [2.24, 2.45) is 0 Å². The number of aliphatic hydroxyl groups is 1. The predicted molar refractivity (Wildman–Crippen MR) is 69.3 cm³/mol. The van der Waals surface area contributed by atoms with E-state index in [4.69, 9.17) is 5.11 Å². The summed E-state index contributed by atoms with van der Waals surface area (Å²) in [7, 11) is 0. The first-order chi connectivity index (χ1) is 7.54. The van der Waals surface area contributed by atoms with Crippen LogP contribution in [0.4, 0.5) is 0 Å². The van der Waals surface area contributed by atoms with Crippen molar-refractivity contribution in [3.63, 3.8) is 0 Å². The maximum Gasteiger partial charge on any atom is 0.172 e. The molecule has 1 unspecified atom stereocenters. The highest BCUT2D eigenvalue weighted by atomic mass is 32.2. The van der Waals surface area contributed by atoms with Crippen LogP contribution in [0.2, 0.25) is 0 Å².